The minimum Gasteiger partial charge on any atom is -0.369 e. The molecule has 2 aromatic rings. The van der Waals surface area contributed by atoms with Gasteiger partial charge >= 0.3 is 0 Å². The van der Waals surface area contributed by atoms with Gasteiger partial charge in [-0.25, -0.2) is 15.0 Å². The second-order valence-electron chi connectivity index (χ2n) is 4.57. The van der Waals surface area contributed by atoms with Gasteiger partial charge < -0.3 is 5.32 Å². The highest BCUT2D eigenvalue weighted by molar-refractivity contribution is 7.99. The Kier molecular flexibility index (Phi) is 4.89. The van der Waals surface area contributed by atoms with Crippen molar-refractivity contribution < 1.29 is 0 Å². The third kappa shape index (κ3) is 3.66. The molecule has 0 fully saturated rings. The SMILES string of the molecule is CCCNc1cncc(Sc2nc(C)c(C)c(C)n2)n1. The highest BCUT2D eigenvalue weighted by atomic mass is 32.2. The summed E-state index contributed by atoms with van der Waals surface area (Å²) in [7, 11) is 0. The highest BCUT2D eigenvalue weighted by Crippen LogP contribution is 2.24. The first-order valence-corrected chi connectivity index (χ1v) is 7.47. The number of aromatic nitrogens is 4. The number of hydrogen-bond donors (Lipinski definition) is 1. The van der Waals surface area contributed by atoms with Crippen molar-refractivity contribution in [2.75, 3.05) is 11.9 Å². The van der Waals surface area contributed by atoms with Crippen molar-refractivity contribution in [3.63, 3.8) is 0 Å². The number of aryl methyl sites for hydroxylation is 2. The Bertz CT molecular complexity index is 577. The van der Waals surface area contributed by atoms with E-state index in [0.29, 0.717) is 5.16 Å². The van der Waals surface area contributed by atoms with Crippen LogP contribution in [0.1, 0.15) is 30.3 Å². The lowest BCUT2D eigenvalue weighted by molar-refractivity contribution is 0.876. The number of nitrogens with zero attached hydrogens (tertiary/aromatic N) is 4. The quantitative estimate of drug-likeness (QED) is 0.853. The van der Waals surface area contributed by atoms with E-state index >= 15 is 0 Å². The van der Waals surface area contributed by atoms with Crippen LogP contribution in [0.15, 0.2) is 22.6 Å². The van der Waals surface area contributed by atoms with Gasteiger partial charge in [0.2, 0.25) is 0 Å². The topological polar surface area (TPSA) is 63.6 Å². The molecule has 2 aromatic heterocycles. The zero-order valence-electron chi connectivity index (χ0n) is 12.3. The molecule has 0 aliphatic heterocycles. The molecule has 0 saturated heterocycles. The molecule has 0 aromatic carbocycles. The molecule has 0 bridgehead atoms. The van der Waals surface area contributed by atoms with E-state index in [1.54, 1.807) is 12.4 Å². The van der Waals surface area contributed by atoms with Gasteiger partial charge in [-0.1, -0.05) is 6.92 Å². The molecule has 0 aliphatic carbocycles. The van der Waals surface area contributed by atoms with Crippen LogP contribution in [0, 0.1) is 20.8 Å². The fraction of sp³-hybridized carbons (Fsp3) is 0.429. The summed E-state index contributed by atoms with van der Waals surface area (Å²) in [6, 6.07) is 0. The summed E-state index contributed by atoms with van der Waals surface area (Å²) in [6.45, 7) is 9.04. The van der Waals surface area contributed by atoms with Gasteiger partial charge in [0.1, 0.15) is 10.8 Å². The predicted molar refractivity (Wildman–Crippen MR) is 81.2 cm³/mol. The van der Waals surface area contributed by atoms with Gasteiger partial charge in [0, 0.05) is 17.9 Å². The van der Waals surface area contributed by atoms with E-state index in [2.05, 4.69) is 32.2 Å². The molecular weight excluding hydrogens is 270 g/mol. The van der Waals surface area contributed by atoms with Gasteiger partial charge in [-0.2, -0.15) is 0 Å². The molecular formula is C14H19N5S. The van der Waals surface area contributed by atoms with E-state index < -0.39 is 0 Å². The lowest BCUT2D eigenvalue weighted by Crippen LogP contribution is -2.03. The zero-order valence-corrected chi connectivity index (χ0v) is 13.1. The molecule has 2 rings (SSSR count). The molecule has 1 N–H and O–H groups in total. The van der Waals surface area contributed by atoms with Crippen LogP contribution in [0.25, 0.3) is 0 Å². The van der Waals surface area contributed by atoms with Crippen LogP contribution in [0.3, 0.4) is 0 Å². The van der Waals surface area contributed by atoms with Crippen molar-refractivity contribution in [2.24, 2.45) is 0 Å². The molecule has 0 saturated carbocycles. The first kappa shape index (κ1) is 14.7. The summed E-state index contributed by atoms with van der Waals surface area (Å²) in [4.78, 5) is 17.7. The minimum absolute atomic E-state index is 0.715. The molecule has 5 nitrogen and oxygen atoms in total. The third-order valence-corrected chi connectivity index (χ3v) is 3.75. The molecule has 2 heterocycles. The van der Waals surface area contributed by atoms with Gasteiger partial charge in [-0.15, -0.1) is 0 Å². The van der Waals surface area contributed by atoms with E-state index in [4.69, 9.17) is 0 Å². The fourth-order valence-corrected chi connectivity index (χ4v) is 2.43. The zero-order chi connectivity index (χ0) is 14.5. The van der Waals surface area contributed by atoms with Gasteiger partial charge in [-0.3, -0.25) is 4.98 Å². The van der Waals surface area contributed by atoms with E-state index in [9.17, 15) is 0 Å². The van der Waals surface area contributed by atoms with Gasteiger partial charge in [0.25, 0.3) is 0 Å². The van der Waals surface area contributed by atoms with Gasteiger partial charge in [-0.05, 0) is 44.5 Å². The van der Waals surface area contributed by atoms with Gasteiger partial charge in [0.15, 0.2) is 5.16 Å². The number of rotatable bonds is 5. The lowest BCUT2D eigenvalue weighted by Gasteiger charge is -2.07. The first-order chi connectivity index (χ1) is 9.60. The molecule has 0 unspecified atom stereocenters. The van der Waals surface area contributed by atoms with Crippen LogP contribution in [-0.4, -0.2) is 26.5 Å². The van der Waals surface area contributed by atoms with Crippen molar-refractivity contribution in [1.29, 1.82) is 0 Å². The van der Waals surface area contributed by atoms with E-state index in [1.807, 2.05) is 20.8 Å². The number of nitrogens with one attached hydrogen (secondary N) is 1. The summed E-state index contributed by atoms with van der Waals surface area (Å²) < 4.78 is 0. The summed E-state index contributed by atoms with van der Waals surface area (Å²) in [5.74, 6) is 0.789. The molecule has 106 valence electrons. The molecule has 6 heteroatoms. The third-order valence-electron chi connectivity index (χ3n) is 2.98. The van der Waals surface area contributed by atoms with Crippen molar-refractivity contribution in [3.05, 3.63) is 29.3 Å². The molecule has 0 atom stereocenters. The lowest BCUT2D eigenvalue weighted by atomic mass is 10.2. The largest absolute Gasteiger partial charge is 0.369 e. The van der Waals surface area contributed by atoms with Crippen molar-refractivity contribution in [3.8, 4) is 0 Å². The Morgan fingerprint density at radius 3 is 2.40 bits per heavy atom. The summed E-state index contributed by atoms with van der Waals surface area (Å²) in [5, 5.41) is 4.74. The summed E-state index contributed by atoms with van der Waals surface area (Å²) >= 11 is 1.44. The van der Waals surface area contributed by atoms with Crippen LogP contribution < -0.4 is 5.32 Å². The Morgan fingerprint density at radius 1 is 1.05 bits per heavy atom. The molecule has 0 aliphatic rings. The second kappa shape index (κ2) is 6.65. The molecule has 20 heavy (non-hydrogen) atoms. The van der Waals surface area contributed by atoms with Crippen LogP contribution in [0.2, 0.25) is 0 Å². The van der Waals surface area contributed by atoms with Crippen molar-refractivity contribution in [2.45, 2.75) is 44.3 Å². The maximum atomic E-state index is 4.50. The first-order valence-electron chi connectivity index (χ1n) is 6.65. The monoisotopic (exact) mass is 289 g/mol. The van der Waals surface area contributed by atoms with Crippen LogP contribution in [0.5, 0.6) is 0 Å². The van der Waals surface area contributed by atoms with Crippen LogP contribution in [0.4, 0.5) is 5.82 Å². The Hall–Kier alpha value is -1.69. The maximum absolute atomic E-state index is 4.50. The van der Waals surface area contributed by atoms with Crippen molar-refractivity contribution >= 4 is 17.6 Å². The molecule has 0 spiro atoms. The van der Waals surface area contributed by atoms with Crippen molar-refractivity contribution in [1.82, 2.24) is 19.9 Å². The van der Waals surface area contributed by atoms with Crippen LogP contribution in [-0.2, 0) is 0 Å². The maximum Gasteiger partial charge on any atom is 0.194 e. The Morgan fingerprint density at radius 2 is 1.75 bits per heavy atom. The Labute approximate surface area is 123 Å². The predicted octanol–water partition coefficient (Wildman–Crippen LogP) is 3.16. The fourth-order valence-electron chi connectivity index (χ4n) is 1.62. The standard InChI is InChI=1S/C14H19N5S/c1-5-6-16-12-7-15-8-13(19-12)20-14-17-10(3)9(2)11(4)18-14/h7-8H,5-6H2,1-4H3,(H,16,19). The average Bonchev–Trinajstić information content (AvgIpc) is 2.43. The minimum atomic E-state index is 0.715. The second-order valence-corrected chi connectivity index (χ2v) is 5.56. The van der Waals surface area contributed by atoms with E-state index in [1.165, 1.54) is 11.8 Å². The highest BCUT2D eigenvalue weighted by Gasteiger charge is 2.08. The average molecular weight is 289 g/mol. The number of hydrogen-bond acceptors (Lipinski definition) is 6. The van der Waals surface area contributed by atoms with Gasteiger partial charge in [0.05, 0.1) is 12.4 Å². The van der Waals surface area contributed by atoms with Crippen LogP contribution >= 0.6 is 11.8 Å². The smallest absolute Gasteiger partial charge is 0.194 e. The normalized spacial score (nSPS) is 10.6. The molecule has 0 radical (unpaired) electrons. The van der Waals surface area contributed by atoms with E-state index in [0.717, 1.165) is 40.8 Å². The summed E-state index contributed by atoms with van der Waals surface area (Å²) in [5.41, 5.74) is 3.15. The number of anilines is 1. The molecule has 0 amide bonds. The summed E-state index contributed by atoms with van der Waals surface area (Å²) in [6.07, 6.45) is 4.51. The Balaban J connectivity index is 2.17. The van der Waals surface area contributed by atoms with E-state index in [-0.39, 0.29) is 0 Å².